The van der Waals surface area contributed by atoms with Crippen molar-refractivity contribution in [3.8, 4) is 66.8 Å². The molecule has 12 aromatic rings. The smallest absolute Gasteiger partial charge is 0.0159 e. The molecule has 1 aliphatic carbocycles. The van der Waals surface area contributed by atoms with Crippen molar-refractivity contribution in [2.45, 2.75) is 19.3 Å². The summed E-state index contributed by atoms with van der Waals surface area (Å²) in [7, 11) is 0. The number of rotatable bonds is 5. The zero-order valence-electron chi connectivity index (χ0n) is 36.4. The van der Waals surface area contributed by atoms with Gasteiger partial charge in [-0.15, -0.1) is 0 Å². The van der Waals surface area contributed by atoms with Crippen molar-refractivity contribution >= 4 is 53.9 Å². The minimum Gasteiger partial charge on any atom is -0.0622 e. The lowest BCUT2D eigenvalue weighted by Crippen LogP contribution is -2.14. The van der Waals surface area contributed by atoms with Crippen LogP contribution in [0, 0.1) is 0 Å². The highest BCUT2D eigenvalue weighted by atomic mass is 14.4. The predicted octanol–water partition coefficient (Wildman–Crippen LogP) is 18.1. The Hall–Kier alpha value is -8.06. The van der Waals surface area contributed by atoms with Gasteiger partial charge in [-0.05, 0) is 168 Å². The molecule has 0 heterocycles. The van der Waals surface area contributed by atoms with Gasteiger partial charge in [0.15, 0.2) is 0 Å². The summed E-state index contributed by atoms with van der Waals surface area (Å²) in [5, 5.41) is 12.6. The molecule has 0 saturated heterocycles. The van der Waals surface area contributed by atoms with Crippen molar-refractivity contribution in [2.75, 3.05) is 0 Å². The number of hydrogen-bond donors (Lipinski definition) is 0. The number of hydrogen-bond acceptors (Lipinski definition) is 0. The SMILES string of the molecule is CC1(C)c2ccccc2-c2ccc(-c3c4ccccc4c(-c4ccc5c(c4)cc(-c4ccccc4)c4cc(-c6cc7ccccc7cc6-c6ccccc6)ccc45)c4ccccc34)cc21. The molecule has 0 heteroatoms. The van der Waals surface area contributed by atoms with E-state index in [0.717, 1.165) is 0 Å². The van der Waals surface area contributed by atoms with Gasteiger partial charge in [0.1, 0.15) is 0 Å². The largest absolute Gasteiger partial charge is 0.0622 e. The van der Waals surface area contributed by atoms with Gasteiger partial charge in [-0.2, -0.15) is 0 Å². The average molecular weight is 825 g/mol. The van der Waals surface area contributed by atoms with E-state index in [0.29, 0.717) is 0 Å². The van der Waals surface area contributed by atoms with Gasteiger partial charge in [0.05, 0.1) is 0 Å². The van der Waals surface area contributed by atoms with E-state index in [1.54, 1.807) is 0 Å². The molecule has 0 aromatic heterocycles. The van der Waals surface area contributed by atoms with Gasteiger partial charge in [0.2, 0.25) is 0 Å². The van der Waals surface area contributed by atoms with E-state index in [4.69, 9.17) is 0 Å². The Labute approximate surface area is 379 Å². The van der Waals surface area contributed by atoms with Crippen LogP contribution in [0.1, 0.15) is 25.0 Å². The van der Waals surface area contributed by atoms with Crippen LogP contribution < -0.4 is 0 Å². The molecule has 0 unspecified atom stereocenters. The van der Waals surface area contributed by atoms with Crippen LogP contribution in [0.3, 0.4) is 0 Å². The maximum absolute atomic E-state index is 2.48. The first kappa shape index (κ1) is 37.5. The van der Waals surface area contributed by atoms with E-state index >= 15 is 0 Å². The number of fused-ring (bicyclic) bond motifs is 9. The molecule has 0 nitrogen and oxygen atoms in total. The van der Waals surface area contributed by atoms with E-state index in [2.05, 4.69) is 244 Å². The Balaban J connectivity index is 1.02. The van der Waals surface area contributed by atoms with Crippen LogP contribution in [0.15, 0.2) is 231 Å². The Bertz CT molecular complexity index is 3830. The van der Waals surface area contributed by atoms with Gasteiger partial charge in [-0.3, -0.25) is 0 Å². The van der Waals surface area contributed by atoms with Crippen molar-refractivity contribution in [1.82, 2.24) is 0 Å². The lowest BCUT2D eigenvalue weighted by atomic mass is 9.80. The maximum atomic E-state index is 2.48. The monoisotopic (exact) mass is 824 g/mol. The van der Waals surface area contributed by atoms with Crippen LogP contribution in [0.2, 0.25) is 0 Å². The molecule has 1 aliphatic rings. The van der Waals surface area contributed by atoms with Crippen LogP contribution in [-0.4, -0.2) is 0 Å². The van der Waals surface area contributed by atoms with Crippen LogP contribution in [0.4, 0.5) is 0 Å². The van der Waals surface area contributed by atoms with E-state index in [1.807, 2.05) is 0 Å². The van der Waals surface area contributed by atoms with Crippen LogP contribution >= 0.6 is 0 Å². The van der Waals surface area contributed by atoms with Crippen molar-refractivity contribution in [3.05, 3.63) is 242 Å². The third-order valence-corrected chi connectivity index (χ3v) is 14.4. The summed E-state index contributed by atoms with van der Waals surface area (Å²) in [4.78, 5) is 0. The van der Waals surface area contributed by atoms with E-state index in [-0.39, 0.29) is 5.41 Å². The maximum Gasteiger partial charge on any atom is 0.0159 e. The molecule has 0 atom stereocenters. The topological polar surface area (TPSA) is 0 Å². The van der Waals surface area contributed by atoms with Crippen molar-refractivity contribution < 1.29 is 0 Å². The summed E-state index contributed by atoms with van der Waals surface area (Å²) in [6, 6.07) is 86.1. The highest BCUT2D eigenvalue weighted by Gasteiger charge is 2.35. The Kier molecular flexibility index (Phi) is 8.36. The average Bonchev–Trinajstić information content (AvgIpc) is 3.60. The zero-order chi connectivity index (χ0) is 43.2. The molecule has 0 radical (unpaired) electrons. The molecular weight excluding hydrogens is 781 g/mol. The summed E-state index contributed by atoms with van der Waals surface area (Å²) in [5.74, 6) is 0. The molecule has 304 valence electrons. The molecular formula is C65H44. The molecule has 0 saturated carbocycles. The van der Waals surface area contributed by atoms with Crippen LogP contribution in [0.25, 0.3) is 121 Å². The molecule has 0 bridgehead atoms. The Morgan fingerprint density at radius 2 is 0.692 bits per heavy atom. The number of benzene rings is 12. The normalized spacial score (nSPS) is 12.9. The second kappa shape index (κ2) is 14.5. The lowest BCUT2D eigenvalue weighted by Gasteiger charge is -2.23. The highest BCUT2D eigenvalue weighted by molar-refractivity contribution is 6.23. The first-order valence-corrected chi connectivity index (χ1v) is 22.8. The third kappa shape index (κ3) is 5.84. The van der Waals surface area contributed by atoms with Crippen LogP contribution in [0.5, 0.6) is 0 Å². The van der Waals surface area contributed by atoms with E-state index < -0.39 is 0 Å². The molecule has 65 heavy (non-hydrogen) atoms. The first-order chi connectivity index (χ1) is 32.0. The van der Waals surface area contributed by atoms with E-state index in [9.17, 15) is 0 Å². The molecule has 0 fully saturated rings. The third-order valence-electron chi connectivity index (χ3n) is 14.4. The molecule has 0 spiro atoms. The second-order valence-corrected chi connectivity index (χ2v) is 18.4. The van der Waals surface area contributed by atoms with Crippen molar-refractivity contribution in [1.29, 1.82) is 0 Å². The lowest BCUT2D eigenvalue weighted by molar-refractivity contribution is 0.660. The molecule has 0 N–H and O–H groups in total. The van der Waals surface area contributed by atoms with Gasteiger partial charge >= 0.3 is 0 Å². The predicted molar refractivity (Wildman–Crippen MR) is 279 cm³/mol. The standard InChI is InChI=1S/C65H44/c1-65(2)61-28-16-15-23-51(61)52-34-31-47(40-62(52)65)64-55-26-13-11-24-53(55)63(54-25-12-14-27-56(54)64)46-30-32-49-48(35-46)39-58(42-19-7-4-8-20-42)60-38-45(29-33-50(49)60)59-37-44-22-10-9-21-43(44)36-57(59)41-17-5-3-6-18-41/h3-40H,1-2H3. The fourth-order valence-corrected chi connectivity index (χ4v) is 11.3. The van der Waals surface area contributed by atoms with E-state index in [1.165, 1.54) is 132 Å². The highest BCUT2D eigenvalue weighted by Crippen LogP contribution is 2.52. The van der Waals surface area contributed by atoms with Gasteiger partial charge in [0.25, 0.3) is 0 Å². The summed E-state index contributed by atoms with van der Waals surface area (Å²) >= 11 is 0. The van der Waals surface area contributed by atoms with Gasteiger partial charge < -0.3 is 0 Å². The minimum atomic E-state index is -0.0789. The Morgan fingerprint density at radius 1 is 0.231 bits per heavy atom. The fraction of sp³-hybridized carbons (Fsp3) is 0.0462. The van der Waals surface area contributed by atoms with Crippen molar-refractivity contribution in [3.63, 3.8) is 0 Å². The zero-order valence-corrected chi connectivity index (χ0v) is 36.4. The van der Waals surface area contributed by atoms with Crippen molar-refractivity contribution in [2.24, 2.45) is 0 Å². The summed E-state index contributed by atoms with van der Waals surface area (Å²) in [5.41, 5.74) is 17.8. The first-order valence-electron chi connectivity index (χ1n) is 22.8. The molecule has 13 rings (SSSR count). The van der Waals surface area contributed by atoms with Gasteiger partial charge in [-0.1, -0.05) is 208 Å². The molecule has 0 aliphatic heterocycles. The van der Waals surface area contributed by atoms with Gasteiger partial charge in [0, 0.05) is 5.41 Å². The second-order valence-electron chi connectivity index (χ2n) is 18.4. The molecule has 0 amide bonds. The summed E-state index contributed by atoms with van der Waals surface area (Å²) in [6.07, 6.45) is 0. The summed E-state index contributed by atoms with van der Waals surface area (Å²) in [6.45, 7) is 4.75. The van der Waals surface area contributed by atoms with Gasteiger partial charge in [-0.25, -0.2) is 0 Å². The Morgan fingerprint density at radius 3 is 1.34 bits per heavy atom. The van der Waals surface area contributed by atoms with Crippen LogP contribution in [-0.2, 0) is 5.41 Å². The quantitative estimate of drug-likeness (QED) is 0.120. The fourth-order valence-electron chi connectivity index (χ4n) is 11.3. The summed E-state index contributed by atoms with van der Waals surface area (Å²) < 4.78 is 0. The molecule has 12 aromatic carbocycles. The minimum absolute atomic E-state index is 0.0789.